The summed E-state index contributed by atoms with van der Waals surface area (Å²) in [5.74, 6) is 0.826. The van der Waals surface area contributed by atoms with Crippen LogP contribution in [0.4, 0.5) is 0 Å². The van der Waals surface area contributed by atoms with Crippen LogP contribution in [0, 0.1) is 5.92 Å². The van der Waals surface area contributed by atoms with E-state index in [1.807, 2.05) is 0 Å². The third kappa shape index (κ3) is 4.35. The highest BCUT2D eigenvalue weighted by Gasteiger charge is 2.30. The summed E-state index contributed by atoms with van der Waals surface area (Å²) in [5, 5.41) is 0. The van der Waals surface area contributed by atoms with Crippen molar-refractivity contribution in [3.8, 4) is 0 Å². The van der Waals surface area contributed by atoms with Crippen molar-refractivity contribution in [1.82, 2.24) is 9.80 Å². The fraction of sp³-hybridized carbons (Fsp3) is 0.846. The molecule has 1 aliphatic heterocycles. The van der Waals surface area contributed by atoms with Gasteiger partial charge in [0.2, 0.25) is 0 Å². The molecule has 0 unspecified atom stereocenters. The molecular formula is C13H26N2. The zero-order valence-corrected chi connectivity index (χ0v) is 10.4. The Kier molecular flexibility index (Phi) is 5.34. The maximum Gasteiger partial charge on any atom is 0.0113 e. The van der Waals surface area contributed by atoms with E-state index in [1.165, 1.54) is 45.6 Å². The van der Waals surface area contributed by atoms with Crippen LogP contribution in [0.2, 0.25) is 0 Å². The highest BCUT2D eigenvalue weighted by atomic mass is 15.3. The zero-order valence-electron chi connectivity index (χ0n) is 10.4. The van der Waals surface area contributed by atoms with Gasteiger partial charge in [-0.25, -0.2) is 0 Å². The SMILES string of the molecule is C=C.CC(C)CN1CCN(C2CC2)CC1. The summed E-state index contributed by atoms with van der Waals surface area (Å²) in [6.45, 7) is 17.1. The molecule has 1 saturated heterocycles. The average molecular weight is 210 g/mol. The Balaban J connectivity index is 0.000000531. The molecule has 0 spiro atoms. The van der Waals surface area contributed by atoms with E-state index in [1.54, 1.807) is 0 Å². The second-order valence-corrected chi connectivity index (χ2v) is 4.96. The number of hydrogen-bond donors (Lipinski definition) is 0. The van der Waals surface area contributed by atoms with E-state index in [-0.39, 0.29) is 0 Å². The molecule has 0 amide bonds. The van der Waals surface area contributed by atoms with Gasteiger partial charge in [-0.15, -0.1) is 13.2 Å². The van der Waals surface area contributed by atoms with Crippen LogP contribution >= 0.6 is 0 Å². The number of piperazine rings is 1. The third-order valence-corrected chi connectivity index (χ3v) is 3.09. The highest BCUT2D eigenvalue weighted by molar-refractivity contribution is 4.87. The van der Waals surface area contributed by atoms with Crippen LogP contribution in [0.1, 0.15) is 26.7 Å². The third-order valence-electron chi connectivity index (χ3n) is 3.09. The van der Waals surface area contributed by atoms with E-state index in [4.69, 9.17) is 0 Å². The Labute approximate surface area is 94.9 Å². The van der Waals surface area contributed by atoms with E-state index < -0.39 is 0 Å². The molecule has 2 fully saturated rings. The minimum absolute atomic E-state index is 0.826. The Morgan fingerprint density at radius 1 is 1.07 bits per heavy atom. The quantitative estimate of drug-likeness (QED) is 0.659. The average Bonchev–Trinajstić information content (AvgIpc) is 3.05. The summed E-state index contributed by atoms with van der Waals surface area (Å²) in [7, 11) is 0. The van der Waals surface area contributed by atoms with Crippen LogP contribution in [0.15, 0.2) is 13.2 Å². The molecule has 0 aromatic carbocycles. The maximum atomic E-state index is 3.00. The Morgan fingerprint density at radius 3 is 2.00 bits per heavy atom. The first-order valence-corrected chi connectivity index (χ1v) is 6.22. The van der Waals surface area contributed by atoms with Gasteiger partial charge in [-0.1, -0.05) is 13.8 Å². The Hall–Kier alpha value is -0.340. The van der Waals surface area contributed by atoms with Crippen molar-refractivity contribution in [3.05, 3.63) is 13.2 Å². The lowest BCUT2D eigenvalue weighted by Gasteiger charge is -2.35. The van der Waals surface area contributed by atoms with Crippen LogP contribution in [0.5, 0.6) is 0 Å². The lowest BCUT2D eigenvalue weighted by molar-refractivity contribution is 0.117. The second-order valence-electron chi connectivity index (χ2n) is 4.96. The van der Waals surface area contributed by atoms with Gasteiger partial charge >= 0.3 is 0 Å². The molecule has 0 atom stereocenters. The largest absolute Gasteiger partial charge is 0.301 e. The normalized spacial score (nSPS) is 23.7. The lowest BCUT2D eigenvalue weighted by atomic mass is 10.2. The minimum atomic E-state index is 0.826. The molecule has 2 heteroatoms. The van der Waals surface area contributed by atoms with Gasteiger partial charge in [0.25, 0.3) is 0 Å². The molecule has 15 heavy (non-hydrogen) atoms. The van der Waals surface area contributed by atoms with E-state index in [9.17, 15) is 0 Å². The van der Waals surface area contributed by atoms with Crippen LogP contribution in [-0.4, -0.2) is 48.6 Å². The predicted molar refractivity (Wildman–Crippen MR) is 67.1 cm³/mol. The molecule has 1 aliphatic carbocycles. The second kappa shape index (κ2) is 6.29. The van der Waals surface area contributed by atoms with Crippen LogP contribution in [-0.2, 0) is 0 Å². The highest BCUT2D eigenvalue weighted by Crippen LogP contribution is 2.27. The van der Waals surface area contributed by atoms with E-state index in [0.29, 0.717) is 0 Å². The molecular weight excluding hydrogens is 184 g/mol. The molecule has 0 radical (unpaired) electrons. The van der Waals surface area contributed by atoms with Crippen molar-refractivity contribution in [1.29, 1.82) is 0 Å². The molecule has 2 aliphatic rings. The summed E-state index contributed by atoms with van der Waals surface area (Å²) < 4.78 is 0. The predicted octanol–water partition coefficient (Wildman–Crippen LogP) is 2.22. The smallest absolute Gasteiger partial charge is 0.0113 e. The van der Waals surface area contributed by atoms with Gasteiger partial charge in [-0.05, 0) is 18.8 Å². The molecule has 0 aromatic heterocycles. The van der Waals surface area contributed by atoms with Crippen molar-refractivity contribution in [2.45, 2.75) is 32.7 Å². The number of hydrogen-bond acceptors (Lipinski definition) is 2. The minimum Gasteiger partial charge on any atom is -0.301 e. The van der Waals surface area contributed by atoms with Gasteiger partial charge in [0, 0.05) is 38.8 Å². The molecule has 1 saturated carbocycles. The molecule has 1 heterocycles. The van der Waals surface area contributed by atoms with Gasteiger partial charge in [-0.2, -0.15) is 0 Å². The Morgan fingerprint density at radius 2 is 1.60 bits per heavy atom. The van der Waals surface area contributed by atoms with E-state index >= 15 is 0 Å². The van der Waals surface area contributed by atoms with Gasteiger partial charge < -0.3 is 4.90 Å². The van der Waals surface area contributed by atoms with Crippen molar-refractivity contribution in [2.75, 3.05) is 32.7 Å². The van der Waals surface area contributed by atoms with Crippen molar-refractivity contribution in [2.24, 2.45) is 5.92 Å². The van der Waals surface area contributed by atoms with Crippen molar-refractivity contribution in [3.63, 3.8) is 0 Å². The fourth-order valence-corrected chi connectivity index (χ4v) is 2.27. The molecule has 2 rings (SSSR count). The maximum absolute atomic E-state index is 3.00. The Bertz CT molecular complexity index is 167. The van der Waals surface area contributed by atoms with E-state index in [0.717, 1.165) is 12.0 Å². The first-order chi connectivity index (χ1) is 7.25. The summed E-state index contributed by atoms with van der Waals surface area (Å²) in [6, 6.07) is 0.973. The monoisotopic (exact) mass is 210 g/mol. The summed E-state index contributed by atoms with van der Waals surface area (Å²) >= 11 is 0. The van der Waals surface area contributed by atoms with Crippen molar-refractivity contribution < 1.29 is 0 Å². The summed E-state index contributed by atoms with van der Waals surface area (Å²) in [5.41, 5.74) is 0. The molecule has 88 valence electrons. The fourth-order valence-electron chi connectivity index (χ4n) is 2.27. The first-order valence-electron chi connectivity index (χ1n) is 6.22. The number of rotatable bonds is 3. The summed E-state index contributed by atoms with van der Waals surface area (Å²) in [6.07, 6.45) is 2.92. The van der Waals surface area contributed by atoms with Crippen LogP contribution in [0.3, 0.4) is 0 Å². The van der Waals surface area contributed by atoms with Gasteiger partial charge in [0.05, 0.1) is 0 Å². The van der Waals surface area contributed by atoms with Crippen LogP contribution in [0.25, 0.3) is 0 Å². The summed E-state index contributed by atoms with van der Waals surface area (Å²) in [4.78, 5) is 5.29. The van der Waals surface area contributed by atoms with Crippen molar-refractivity contribution >= 4 is 0 Å². The standard InChI is InChI=1S/C11H22N2.C2H4/c1-10(2)9-12-5-7-13(8-6-12)11-3-4-11;1-2/h10-11H,3-9H2,1-2H3;1-2H2. The first kappa shape index (κ1) is 12.7. The lowest BCUT2D eigenvalue weighted by Crippen LogP contribution is -2.48. The molecule has 2 nitrogen and oxygen atoms in total. The molecule has 0 aromatic rings. The van der Waals surface area contributed by atoms with Gasteiger partial charge in [-0.3, -0.25) is 4.90 Å². The molecule has 0 bridgehead atoms. The topological polar surface area (TPSA) is 6.48 Å². The van der Waals surface area contributed by atoms with Crippen LogP contribution < -0.4 is 0 Å². The van der Waals surface area contributed by atoms with E-state index in [2.05, 4.69) is 36.8 Å². The van der Waals surface area contributed by atoms with Gasteiger partial charge in [0.1, 0.15) is 0 Å². The zero-order chi connectivity index (χ0) is 11.3. The van der Waals surface area contributed by atoms with Gasteiger partial charge in [0.15, 0.2) is 0 Å². The number of nitrogens with zero attached hydrogens (tertiary/aromatic N) is 2. The molecule has 0 N–H and O–H groups in total.